The van der Waals surface area contributed by atoms with Crippen molar-refractivity contribution in [1.29, 1.82) is 0 Å². The van der Waals surface area contributed by atoms with Gasteiger partial charge in [-0.3, -0.25) is 4.79 Å². The van der Waals surface area contributed by atoms with E-state index in [1.807, 2.05) is 31.2 Å². The molecule has 0 unspecified atom stereocenters. The van der Waals surface area contributed by atoms with Crippen molar-refractivity contribution >= 4 is 11.6 Å². The Hall–Kier alpha value is -3.42. The van der Waals surface area contributed by atoms with Gasteiger partial charge in [0.2, 0.25) is 5.91 Å². The van der Waals surface area contributed by atoms with Gasteiger partial charge < -0.3 is 14.8 Å². The molecule has 0 radical (unpaired) electrons. The minimum atomic E-state index is -0.136. The zero-order valence-corrected chi connectivity index (χ0v) is 14.5. The lowest BCUT2D eigenvalue weighted by atomic mass is 10.1. The minimum Gasteiger partial charge on any atom is -0.494 e. The molecule has 0 saturated carbocycles. The molecule has 8 nitrogen and oxygen atoms in total. The van der Waals surface area contributed by atoms with Crippen LogP contribution in [0.3, 0.4) is 0 Å². The zero-order valence-electron chi connectivity index (χ0n) is 14.5. The summed E-state index contributed by atoms with van der Waals surface area (Å²) >= 11 is 0. The number of carbonyl (C=O) groups is 1. The third-order valence-electron chi connectivity index (χ3n) is 3.67. The van der Waals surface area contributed by atoms with Crippen molar-refractivity contribution in [3.8, 4) is 17.2 Å². The Labute approximate surface area is 150 Å². The van der Waals surface area contributed by atoms with Crippen LogP contribution in [0.2, 0.25) is 0 Å². The summed E-state index contributed by atoms with van der Waals surface area (Å²) in [5, 5.41) is 13.9. The summed E-state index contributed by atoms with van der Waals surface area (Å²) in [4.78, 5) is 12.3. The molecular weight excluding hydrogens is 334 g/mol. The summed E-state index contributed by atoms with van der Waals surface area (Å²) in [6, 6.07) is 12.8. The molecule has 0 aliphatic heterocycles. The number of ether oxygens (including phenoxy) is 2. The third kappa shape index (κ3) is 4.15. The van der Waals surface area contributed by atoms with Gasteiger partial charge in [-0.25, -0.2) is 4.68 Å². The molecule has 1 heterocycles. The van der Waals surface area contributed by atoms with Gasteiger partial charge in [-0.1, -0.05) is 12.1 Å². The van der Waals surface area contributed by atoms with E-state index in [1.165, 1.54) is 11.0 Å². The van der Waals surface area contributed by atoms with Crippen LogP contribution in [0.25, 0.3) is 5.69 Å². The number of hydrogen-bond donors (Lipinski definition) is 1. The molecule has 1 amide bonds. The van der Waals surface area contributed by atoms with Crippen LogP contribution in [-0.2, 0) is 11.2 Å². The predicted molar refractivity (Wildman–Crippen MR) is 95.7 cm³/mol. The first-order chi connectivity index (χ1) is 12.7. The number of rotatable bonds is 7. The van der Waals surface area contributed by atoms with Gasteiger partial charge in [0, 0.05) is 6.07 Å². The maximum atomic E-state index is 12.3. The van der Waals surface area contributed by atoms with E-state index >= 15 is 0 Å². The lowest BCUT2D eigenvalue weighted by molar-refractivity contribution is -0.115. The van der Waals surface area contributed by atoms with Crippen LogP contribution in [0.1, 0.15) is 12.5 Å². The maximum Gasteiger partial charge on any atom is 0.228 e. The van der Waals surface area contributed by atoms with E-state index in [1.54, 1.807) is 25.3 Å². The summed E-state index contributed by atoms with van der Waals surface area (Å²) in [7, 11) is 1.54. The van der Waals surface area contributed by atoms with E-state index in [2.05, 4.69) is 20.8 Å². The number of nitrogens with one attached hydrogen (secondary N) is 1. The number of anilines is 1. The molecule has 26 heavy (non-hydrogen) atoms. The molecule has 0 saturated heterocycles. The first kappa shape index (κ1) is 17.4. The van der Waals surface area contributed by atoms with E-state index in [-0.39, 0.29) is 12.3 Å². The molecule has 1 aromatic heterocycles. The lowest BCUT2D eigenvalue weighted by Crippen LogP contribution is -2.15. The number of methoxy groups -OCH3 is 1. The molecule has 3 aromatic rings. The second-order valence-corrected chi connectivity index (χ2v) is 5.44. The Kier molecular flexibility index (Phi) is 5.43. The summed E-state index contributed by atoms with van der Waals surface area (Å²) in [6.07, 6.45) is 1.74. The average molecular weight is 353 g/mol. The number of benzene rings is 2. The van der Waals surface area contributed by atoms with Crippen molar-refractivity contribution in [3.05, 3.63) is 54.4 Å². The fraction of sp³-hybridized carbons (Fsp3) is 0.222. The van der Waals surface area contributed by atoms with Crippen molar-refractivity contribution in [2.75, 3.05) is 19.0 Å². The van der Waals surface area contributed by atoms with Crippen molar-refractivity contribution in [2.24, 2.45) is 0 Å². The molecule has 0 aliphatic carbocycles. The number of tetrazole rings is 1. The third-order valence-corrected chi connectivity index (χ3v) is 3.67. The maximum absolute atomic E-state index is 12.3. The van der Waals surface area contributed by atoms with Crippen molar-refractivity contribution < 1.29 is 14.3 Å². The Bertz CT molecular complexity index is 863. The molecule has 0 spiro atoms. The molecule has 0 bridgehead atoms. The van der Waals surface area contributed by atoms with E-state index in [0.29, 0.717) is 18.0 Å². The van der Waals surface area contributed by atoms with Crippen LogP contribution in [0.5, 0.6) is 11.5 Å². The molecule has 0 atom stereocenters. The van der Waals surface area contributed by atoms with Gasteiger partial charge in [-0.2, -0.15) is 0 Å². The van der Waals surface area contributed by atoms with Crippen LogP contribution in [0, 0.1) is 0 Å². The summed E-state index contributed by atoms with van der Waals surface area (Å²) < 4.78 is 12.3. The van der Waals surface area contributed by atoms with E-state index in [4.69, 9.17) is 9.47 Å². The van der Waals surface area contributed by atoms with Gasteiger partial charge in [-0.15, -0.1) is 5.10 Å². The van der Waals surface area contributed by atoms with Gasteiger partial charge in [0.15, 0.2) is 0 Å². The Morgan fingerprint density at radius 1 is 1.19 bits per heavy atom. The van der Waals surface area contributed by atoms with Gasteiger partial charge in [0.25, 0.3) is 0 Å². The van der Waals surface area contributed by atoms with Gasteiger partial charge in [0.1, 0.15) is 17.8 Å². The second kappa shape index (κ2) is 8.11. The average Bonchev–Trinajstić information content (AvgIpc) is 3.18. The highest BCUT2D eigenvalue weighted by molar-refractivity contribution is 5.93. The minimum absolute atomic E-state index is 0.136. The summed E-state index contributed by atoms with van der Waals surface area (Å²) in [6.45, 7) is 2.54. The molecule has 0 aliphatic rings. The first-order valence-electron chi connectivity index (χ1n) is 8.12. The molecule has 8 heteroatoms. The van der Waals surface area contributed by atoms with Crippen LogP contribution in [-0.4, -0.2) is 39.8 Å². The van der Waals surface area contributed by atoms with E-state index < -0.39 is 0 Å². The smallest absolute Gasteiger partial charge is 0.228 e. The number of aromatic nitrogens is 4. The largest absolute Gasteiger partial charge is 0.494 e. The number of nitrogens with zero attached hydrogens (tertiary/aromatic N) is 4. The van der Waals surface area contributed by atoms with Crippen molar-refractivity contribution in [2.45, 2.75) is 13.3 Å². The Balaban J connectivity index is 1.68. The number of hydrogen-bond acceptors (Lipinski definition) is 6. The fourth-order valence-electron chi connectivity index (χ4n) is 2.46. The molecule has 3 rings (SSSR count). The van der Waals surface area contributed by atoms with Crippen LogP contribution in [0.15, 0.2) is 48.8 Å². The fourth-order valence-corrected chi connectivity index (χ4v) is 2.46. The highest BCUT2D eigenvalue weighted by Crippen LogP contribution is 2.27. The van der Waals surface area contributed by atoms with Crippen LogP contribution in [0.4, 0.5) is 5.69 Å². The van der Waals surface area contributed by atoms with Gasteiger partial charge in [-0.05, 0) is 47.2 Å². The first-order valence-corrected chi connectivity index (χ1v) is 8.12. The van der Waals surface area contributed by atoms with Crippen LogP contribution < -0.4 is 14.8 Å². The second-order valence-electron chi connectivity index (χ2n) is 5.44. The monoisotopic (exact) mass is 353 g/mol. The molecule has 0 fully saturated rings. The Morgan fingerprint density at radius 3 is 2.65 bits per heavy atom. The number of amides is 1. The lowest BCUT2D eigenvalue weighted by Gasteiger charge is -2.12. The molecule has 134 valence electrons. The summed E-state index contributed by atoms with van der Waals surface area (Å²) in [5.74, 6) is 1.18. The topological polar surface area (TPSA) is 91.2 Å². The zero-order chi connectivity index (χ0) is 18.4. The molecule has 1 N–H and O–H groups in total. The van der Waals surface area contributed by atoms with Gasteiger partial charge >= 0.3 is 0 Å². The Morgan fingerprint density at radius 2 is 2.00 bits per heavy atom. The normalized spacial score (nSPS) is 10.4. The highest BCUT2D eigenvalue weighted by Gasteiger charge is 2.11. The van der Waals surface area contributed by atoms with Crippen LogP contribution >= 0.6 is 0 Å². The van der Waals surface area contributed by atoms with Gasteiger partial charge in [0.05, 0.1) is 31.5 Å². The van der Waals surface area contributed by atoms with Crippen molar-refractivity contribution in [1.82, 2.24) is 20.2 Å². The molecule has 2 aromatic carbocycles. The SMILES string of the molecule is CCOc1ccc(CC(=O)Nc2ccc(-n3cnnn3)cc2OC)cc1. The van der Waals surface area contributed by atoms with E-state index in [9.17, 15) is 4.79 Å². The quantitative estimate of drug-likeness (QED) is 0.700. The summed E-state index contributed by atoms with van der Waals surface area (Å²) in [5.41, 5.74) is 2.21. The van der Waals surface area contributed by atoms with Crippen molar-refractivity contribution in [3.63, 3.8) is 0 Å². The van der Waals surface area contributed by atoms with E-state index in [0.717, 1.165) is 17.0 Å². The standard InChI is InChI=1S/C18H19N5O3/c1-3-26-15-7-4-13(5-8-15)10-18(24)20-16-9-6-14(11-17(16)25-2)23-12-19-21-22-23/h4-9,11-12H,3,10H2,1-2H3,(H,20,24). The predicted octanol–water partition coefficient (Wildman–Crippen LogP) is 2.25. The highest BCUT2D eigenvalue weighted by atomic mass is 16.5. The molecular formula is C18H19N5O3. The number of carbonyl (C=O) groups excluding carboxylic acids is 1.